The highest BCUT2D eigenvalue weighted by Crippen LogP contribution is 2.24. The fourth-order valence-corrected chi connectivity index (χ4v) is 5.61. The summed E-state index contributed by atoms with van der Waals surface area (Å²) in [7, 11) is -3.97. The standard InChI is InChI=1S/C29H30N4O3S/c1-21-13-15-26(16-14-21)32(37(35,36)28-11-6-5-7-12-28)20-29(34)31-30-19-25-18-23(3)33(24(25)4)27-10-8-9-22(2)17-27/h5-19H,20H2,1-4H3,(H,31,34)/b30-19+. The van der Waals surface area contributed by atoms with Gasteiger partial charge in [0.05, 0.1) is 16.8 Å². The maximum Gasteiger partial charge on any atom is 0.264 e. The second-order valence-electron chi connectivity index (χ2n) is 8.95. The maximum absolute atomic E-state index is 13.4. The van der Waals surface area contributed by atoms with E-state index in [0.29, 0.717) is 5.69 Å². The molecule has 0 saturated carbocycles. The predicted octanol–water partition coefficient (Wildman–Crippen LogP) is 5.06. The molecule has 190 valence electrons. The Balaban J connectivity index is 1.54. The zero-order valence-electron chi connectivity index (χ0n) is 21.3. The Kier molecular flexibility index (Phi) is 7.59. The Bertz CT molecular complexity index is 1540. The molecule has 4 rings (SSSR count). The van der Waals surface area contributed by atoms with Crippen LogP contribution < -0.4 is 9.73 Å². The van der Waals surface area contributed by atoms with Gasteiger partial charge in [-0.05, 0) is 75.7 Å². The van der Waals surface area contributed by atoms with Crippen molar-refractivity contribution in [3.63, 3.8) is 0 Å². The Morgan fingerprint density at radius 1 is 0.892 bits per heavy atom. The molecule has 1 aromatic heterocycles. The van der Waals surface area contributed by atoms with Crippen LogP contribution in [0.5, 0.6) is 0 Å². The molecule has 3 aromatic carbocycles. The van der Waals surface area contributed by atoms with E-state index in [2.05, 4.69) is 21.2 Å². The highest BCUT2D eigenvalue weighted by molar-refractivity contribution is 7.92. The average molecular weight is 515 g/mol. The summed E-state index contributed by atoms with van der Waals surface area (Å²) < 4.78 is 30.0. The van der Waals surface area contributed by atoms with E-state index in [0.717, 1.165) is 38.1 Å². The minimum atomic E-state index is -3.97. The smallest absolute Gasteiger partial charge is 0.264 e. The van der Waals surface area contributed by atoms with Crippen LogP contribution in [0.15, 0.2) is 94.9 Å². The number of hydrazone groups is 1. The van der Waals surface area contributed by atoms with Crippen LogP contribution in [-0.4, -0.2) is 31.7 Å². The summed E-state index contributed by atoms with van der Waals surface area (Å²) in [5, 5.41) is 4.12. The minimum absolute atomic E-state index is 0.107. The molecular formula is C29H30N4O3S. The summed E-state index contributed by atoms with van der Waals surface area (Å²) in [6.07, 6.45) is 1.58. The molecule has 7 nitrogen and oxygen atoms in total. The van der Waals surface area contributed by atoms with Crippen molar-refractivity contribution in [2.24, 2.45) is 5.10 Å². The lowest BCUT2D eigenvalue weighted by atomic mass is 10.2. The molecule has 0 aliphatic heterocycles. The van der Waals surface area contributed by atoms with Crippen molar-refractivity contribution in [2.45, 2.75) is 32.6 Å². The van der Waals surface area contributed by atoms with Gasteiger partial charge in [-0.2, -0.15) is 5.10 Å². The molecule has 0 radical (unpaired) electrons. The van der Waals surface area contributed by atoms with Gasteiger partial charge in [0, 0.05) is 22.6 Å². The highest BCUT2D eigenvalue weighted by Gasteiger charge is 2.27. The van der Waals surface area contributed by atoms with E-state index in [-0.39, 0.29) is 4.90 Å². The molecule has 0 unspecified atom stereocenters. The molecular weight excluding hydrogens is 484 g/mol. The van der Waals surface area contributed by atoms with Crippen LogP contribution in [0, 0.1) is 27.7 Å². The Morgan fingerprint density at radius 2 is 1.59 bits per heavy atom. The van der Waals surface area contributed by atoms with Gasteiger partial charge < -0.3 is 4.57 Å². The normalized spacial score (nSPS) is 11.6. The van der Waals surface area contributed by atoms with Gasteiger partial charge in [-0.15, -0.1) is 0 Å². The van der Waals surface area contributed by atoms with Crippen LogP contribution in [0.4, 0.5) is 5.69 Å². The average Bonchev–Trinajstić information content (AvgIpc) is 3.16. The van der Waals surface area contributed by atoms with Crippen LogP contribution in [0.1, 0.15) is 28.1 Å². The van der Waals surface area contributed by atoms with Crippen LogP contribution in [0.25, 0.3) is 5.69 Å². The summed E-state index contributed by atoms with van der Waals surface area (Å²) in [4.78, 5) is 12.9. The summed E-state index contributed by atoms with van der Waals surface area (Å²) in [6.45, 7) is 7.55. The molecule has 0 aliphatic carbocycles. The second-order valence-corrected chi connectivity index (χ2v) is 10.8. The number of aromatic nitrogens is 1. The molecule has 0 fully saturated rings. The number of hydrogen-bond donors (Lipinski definition) is 1. The SMILES string of the molecule is Cc1ccc(N(CC(=O)N/N=C/c2cc(C)n(-c3cccc(C)c3)c2C)S(=O)(=O)c2ccccc2)cc1. The molecule has 37 heavy (non-hydrogen) atoms. The third kappa shape index (κ3) is 5.81. The summed E-state index contributed by atoms with van der Waals surface area (Å²) in [6, 6.07) is 25.3. The number of benzene rings is 3. The third-order valence-corrected chi connectivity index (χ3v) is 7.85. The number of nitrogens with one attached hydrogen (secondary N) is 1. The Morgan fingerprint density at radius 3 is 2.27 bits per heavy atom. The number of rotatable bonds is 8. The first-order chi connectivity index (χ1) is 17.7. The van der Waals surface area contributed by atoms with E-state index < -0.39 is 22.5 Å². The van der Waals surface area contributed by atoms with Gasteiger partial charge in [0.15, 0.2) is 0 Å². The largest absolute Gasteiger partial charge is 0.318 e. The number of hydrogen-bond acceptors (Lipinski definition) is 4. The van der Waals surface area contributed by atoms with Crippen molar-refractivity contribution in [1.29, 1.82) is 0 Å². The van der Waals surface area contributed by atoms with Crippen molar-refractivity contribution in [1.82, 2.24) is 9.99 Å². The molecule has 4 aromatic rings. The fraction of sp³-hybridized carbons (Fsp3) is 0.172. The Hall–Kier alpha value is -4.17. The second kappa shape index (κ2) is 10.8. The number of amides is 1. The molecule has 0 aliphatic rings. The zero-order valence-corrected chi connectivity index (χ0v) is 22.2. The van der Waals surface area contributed by atoms with E-state index in [1.165, 1.54) is 12.1 Å². The molecule has 0 saturated heterocycles. The van der Waals surface area contributed by atoms with Crippen LogP contribution in [0.2, 0.25) is 0 Å². The number of sulfonamides is 1. The highest BCUT2D eigenvalue weighted by atomic mass is 32.2. The van der Waals surface area contributed by atoms with E-state index in [1.54, 1.807) is 36.5 Å². The molecule has 8 heteroatoms. The zero-order chi connectivity index (χ0) is 26.6. The van der Waals surface area contributed by atoms with Gasteiger partial charge in [0.1, 0.15) is 6.54 Å². The summed E-state index contributed by atoms with van der Waals surface area (Å²) in [5.41, 5.74) is 8.96. The van der Waals surface area contributed by atoms with Gasteiger partial charge in [-0.1, -0.05) is 48.0 Å². The van der Waals surface area contributed by atoms with Gasteiger partial charge in [0.2, 0.25) is 0 Å². The van der Waals surface area contributed by atoms with Crippen LogP contribution >= 0.6 is 0 Å². The van der Waals surface area contributed by atoms with Crippen molar-refractivity contribution < 1.29 is 13.2 Å². The number of anilines is 1. The Labute approximate surface area is 218 Å². The third-order valence-electron chi connectivity index (χ3n) is 6.06. The summed E-state index contributed by atoms with van der Waals surface area (Å²) >= 11 is 0. The monoisotopic (exact) mass is 514 g/mol. The van der Waals surface area contributed by atoms with Crippen molar-refractivity contribution in [2.75, 3.05) is 10.8 Å². The lowest BCUT2D eigenvalue weighted by Gasteiger charge is -2.23. The first-order valence-electron chi connectivity index (χ1n) is 11.9. The summed E-state index contributed by atoms with van der Waals surface area (Å²) in [5.74, 6) is -0.552. The molecule has 0 atom stereocenters. The molecule has 0 bridgehead atoms. The number of nitrogens with zero attached hydrogens (tertiary/aromatic N) is 3. The van der Waals surface area contributed by atoms with Gasteiger partial charge >= 0.3 is 0 Å². The number of carbonyl (C=O) groups is 1. The minimum Gasteiger partial charge on any atom is -0.318 e. The molecule has 0 spiro atoms. The lowest BCUT2D eigenvalue weighted by molar-refractivity contribution is -0.119. The quantitative estimate of drug-likeness (QED) is 0.264. The molecule has 1 heterocycles. The van der Waals surface area contributed by atoms with E-state index in [4.69, 9.17) is 0 Å². The van der Waals surface area contributed by atoms with Crippen molar-refractivity contribution in [3.8, 4) is 5.69 Å². The maximum atomic E-state index is 13.4. The van der Waals surface area contributed by atoms with Gasteiger partial charge in [-0.3, -0.25) is 9.10 Å². The van der Waals surface area contributed by atoms with Crippen molar-refractivity contribution >= 4 is 27.8 Å². The first kappa shape index (κ1) is 25.9. The topological polar surface area (TPSA) is 83.8 Å². The van der Waals surface area contributed by atoms with Crippen molar-refractivity contribution in [3.05, 3.63) is 113 Å². The fourth-order valence-electron chi connectivity index (χ4n) is 4.17. The molecule has 1 N–H and O–H groups in total. The van der Waals surface area contributed by atoms with Crippen LogP contribution in [-0.2, 0) is 14.8 Å². The number of carbonyl (C=O) groups excluding carboxylic acids is 1. The van der Waals surface area contributed by atoms with Gasteiger partial charge in [0.25, 0.3) is 15.9 Å². The number of aryl methyl sites for hydroxylation is 3. The van der Waals surface area contributed by atoms with Crippen LogP contribution in [0.3, 0.4) is 0 Å². The first-order valence-corrected chi connectivity index (χ1v) is 13.3. The predicted molar refractivity (Wildman–Crippen MR) is 148 cm³/mol. The lowest BCUT2D eigenvalue weighted by Crippen LogP contribution is -2.39. The van der Waals surface area contributed by atoms with E-state index in [9.17, 15) is 13.2 Å². The molecule has 1 amide bonds. The van der Waals surface area contributed by atoms with E-state index >= 15 is 0 Å². The van der Waals surface area contributed by atoms with E-state index in [1.807, 2.05) is 64.1 Å². The van der Waals surface area contributed by atoms with Gasteiger partial charge in [-0.25, -0.2) is 13.8 Å².